The van der Waals surface area contributed by atoms with E-state index in [4.69, 9.17) is 0 Å². The number of piperidine rings is 1. The van der Waals surface area contributed by atoms with Gasteiger partial charge in [-0.1, -0.05) is 13.0 Å². The Kier molecular flexibility index (Phi) is 8.39. The maximum atomic E-state index is 12.3. The van der Waals surface area contributed by atoms with E-state index in [0.717, 1.165) is 18.7 Å². The van der Waals surface area contributed by atoms with E-state index in [-0.39, 0.29) is 24.2 Å². The van der Waals surface area contributed by atoms with E-state index in [9.17, 15) is 9.59 Å². The molecular weight excluding hydrogens is 338 g/mol. The van der Waals surface area contributed by atoms with Gasteiger partial charge in [-0.15, -0.1) is 12.4 Å². The summed E-state index contributed by atoms with van der Waals surface area (Å²) in [4.78, 5) is 26.1. The van der Waals surface area contributed by atoms with Gasteiger partial charge in [0.25, 0.3) is 5.91 Å². The van der Waals surface area contributed by atoms with Crippen LogP contribution in [0.5, 0.6) is 0 Å². The van der Waals surface area contributed by atoms with Gasteiger partial charge in [-0.05, 0) is 62.4 Å². The normalized spacial score (nSPS) is 18.0. The van der Waals surface area contributed by atoms with Crippen molar-refractivity contribution in [2.45, 2.75) is 33.1 Å². The van der Waals surface area contributed by atoms with Crippen LogP contribution < -0.4 is 10.6 Å². The van der Waals surface area contributed by atoms with Crippen LogP contribution in [0, 0.1) is 18.8 Å². The largest absolute Gasteiger partial charge is 0.345 e. The number of anilines is 1. The molecule has 0 bridgehead atoms. The van der Waals surface area contributed by atoms with Gasteiger partial charge in [0, 0.05) is 31.8 Å². The first-order valence-electron chi connectivity index (χ1n) is 8.71. The Morgan fingerprint density at radius 1 is 1.36 bits per heavy atom. The molecule has 0 spiro atoms. The highest BCUT2D eigenvalue weighted by molar-refractivity contribution is 5.98. The fourth-order valence-corrected chi connectivity index (χ4v) is 3.21. The zero-order chi connectivity index (χ0) is 17.7. The van der Waals surface area contributed by atoms with Crippen molar-refractivity contribution in [2.24, 2.45) is 11.8 Å². The number of nitrogens with one attached hydrogen (secondary N) is 2. The van der Waals surface area contributed by atoms with E-state index in [1.807, 2.05) is 19.1 Å². The van der Waals surface area contributed by atoms with Crippen LogP contribution in [0.15, 0.2) is 18.2 Å². The molecule has 1 aromatic carbocycles. The standard InChI is InChI=1S/C19H29N3O2.ClH/c1-13-7-8-16(11-17(13)19(24)22(3)4)21-18(23)10-14(2)15-6-5-9-20-12-15;/h7-8,11,14-15,20H,5-6,9-10,12H2,1-4H3,(H,21,23);1H. The molecule has 2 atom stereocenters. The Morgan fingerprint density at radius 3 is 2.68 bits per heavy atom. The minimum Gasteiger partial charge on any atom is -0.345 e. The average Bonchev–Trinajstić information content (AvgIpc) is 2.56. The topological polar surface area (TPSA) is 61.4 Å². The Balaban J connectivity index is 0.00000312. The Hall–Kier alpha value is -1.59. The molecule has 5 nitrogen and oxygen atoms in total. The summed E-state index contributed by atoms with van der Waals surface area (Å²) in [5.74, 6) is 0.880. The number of carbonyl (C=O) groups excluding carboxylic acids is 2. The summed E-state index contributed by atoms with van der Waals surface area (Å²) in [6.07, 6.45) is 2.88. The lowest BCUT2D eigenvalue weighted by atomic mass is 9.85. The molecule has 1 heterocycles. The minimum atomic E-state index is -0.0507. The van der Waals surface area contributed by atoms with Crippen molar-refractivity contribution in [3.05, 3.63) is 29.3 Å². The molecule has 1 aliphatic rings. The van der Waals surface area contributed by atoms with E-state index in [2.05, 4.69) is 17.6 Å². The molecule has 1 saturated heterocycles. The first kappa shape index (κ1) is 21.5. The summed E-state index contributed by atoms with van der Waals surface area (Å²) >= 11 is 0. The van der Waals surface area contributed by atoms with Gasteiger partial charge < -0.3 is 15.5 Å². The predicted molar refractivity (Wildman–Crippen MR) is 104 cm³/mol. The number of amides is 2. The lowest BCUT2D eigenvalue weighted by molar-refractivity contribution is -0.117. The third kappa shape index (κ3) is 6.01. The fraction of sp³-hybridized carbons (Fsp3) is 0.579. The quantitative estimate of drug-likeness (QED) is 0.840. The highest BCUT2D eigenvalue weighted by Gasteiger charge is 2.22. The predicted octanol–water partition coefficient (Wildman–Crippen LogP) is 3.08. The molecule has 2 rings (SSSR count). The van der Waals surface area contributed by atoms with Crippen LogP contribution in [0.4, 0.5) is 5.69 Å². The van der Waals surface area contributed by atoms with Gasteiger partial charge in [-0.2, -0.15) is 0 Å². The van der Waals surface area contributed by atoms with Gasteiger partial charge in [0.05, 0.1) is 0 Å². The zero-order valence-electron chi connectivity index (χ0n) is 15.6. The number of halogens is 1. The van der Waals surface area contributed by atoms with Crippen molar-refractivity contribution in [3.8, 4) is 0 Å². The number of nitrogens with zero attached hydrogens (tertiary/aromatic N) is 1. The fourth-order valence-electron chi connectivity index (χ4n) is 3.21. The minimum absolute atomic E-state index is 0. The van der Waals surface area contributed by atoms with Crippen molar-refractivity contribution in [1.29, 1.82) is 0 Å². The molecular formula is C19H30ClN3O2. The third-order valence-corrected chi connectivity index (χ3v) is 4.81. The lowest BCUT2D eigenvalue weighted by Gasteiger charge is -2.28. The first-order chi connectivity index (χ1) is 11.4. The maximum absolute atomic E-state index is 12.3. The average molecular weight is 368 g/mol. The summed E-state index contributed by atoms with van der Waals surface area (Å²) < 4.78 is 0. The van der Waals surface area contributed by atoms with Crippen LogP contribution in [0.1, 0.15) is 42.1 Å². The van der Waals surface area contributed by atoms with Gasteiger partial charge in [-0.3, -0.25) is 9.59 Å². The number of benzene rings is 1. The summed E-state index contributed by atoms with van der Waals surface area (Å²) in [7, 11) is 3.46. The van der Waals surface area contributed by atoms with Gasteiger partial charge in [0.2, 0.25) is 5.91 Å². The molecule has 2 unspecified atom stereocenters. The molecule has 0 aliphatic carbocycles. The maximum Gasteiger partial charge on any atom is 0.253 e. The summed E-state index contributed by atoms with van der Waals surface area (Å²) in [6.45, 7) is 6.13. The SMILES string of the molecule is Cc1ccc(NC(=O)CC(C)C2CCCNC2)cc1C(=O)N(C)C.Cl. The molecule has 140 valence electrons. The van der Waals surface area contributed by atoms with Crippen molar-refractivity contribution in [1.82, 2.24) is 10.2 Å². The Bertz CT molecular complexity index is 598. The van der Waals surface area contributed by atoms with Crippen molar-refractivity contribution < 1.29 is 9.59 Å². The van der Waals surface area contributed by atoms with Crippen LogP contribution in [0.3, 0.4) is 0 Å². The molecule has 2 amide bonds. The molecule has 25 heavy (non-hydrogen) atoms. The molecule has 1 aromatic rings. The zero-order valence-corrected chi connectivity index (χ0v) is 16.4. The van der Waals surface area contributed by atoms with Crippen LogP contribution >= 0.6 is 12.4 Å². The molecule has 0 aromatic heterocycles. The number of hydrogen-bond donors (Lipinski definition) is 2. The van der Waals surface area contributed by atoms with Crippen molar-refractivity contribution in [3.63, 3.8) is 0 Å². The van der Waals surface area contributed by atoms with Gasteiger partial charge in [0.15, 0.2) is 0 Å². The highest BCUT2D eigenvalue weighted by Crippen LogP contribution is 2.23. The van der Waals surface area contributed by atoms with Crippen LogP contribution in [-0.2, 0) is 4.79 Å². The van der Waals surface area contributed by atoms with E-state index in [0.29, 0.717) is 29.5 Å². The van der Waals surface area contributed by atoms with Crippen LogP contribution in [-0.4, -0.2) is 43.9 Å². The smallest absolute Gasteiger partial charge is 0.253 e. The number of rotatable bonds is 5. The highest BCUT2D eigenvalue weighted by atomic mass is 35.5. The molecule has 2 N–H and O–H groups in total. The van der Waals surface area contributed by atoms with E-state index < -0.39 is 0 Å². The van der Waals surface area contributed by atoms with Crippen LogP contribution in [0.2, 0.25) is 0 Å². The first-order valence-corrected chi connectivity index (χ1v) is 8.71. The number of carbonyl (C=O) groups is 2. The molecule has 0 saturated carbocycles. The van der Waals surface area contributed by atoms with Crippen molar-refractivity contribution >= 4 is 29.9 Å². The molecule has 1 aliphatic heterocycles. The monoisotopic (exact) mass is 367 g/mol. The molecule has 0 radical (unpaired) electrons. The second kappa shape index (κ2) is 9.78. The number of aryl methyl sites for hydroxylation is 1. The summed E-state index contributed by atoms with van der Waals surface area (Å²) in [5, 5.41) is 6.34. The van der Waals surface area contributed by atoms with E-state index in [1.54, 1.807) is 25.1 Å². The van der Waals surface area contributed by atoms with Gasteiger partial charge in [0.1, 0.15) is 0 Å². The Labute approximate surface area is 157 Å². The van der Waals surface area contributed by atoms with Crippen molar-refractivity contribution in [2.75, 3.05) is 32.5 Å². The second-order valence-electron chi connectivity index (χ2n) is 7.07. The summed E-state index contributed by atoms with van der Waals surface area (Å²) in [5.41, 5.74) is 2.22. The summed E-state index contributed by atoms with van der Waals surface area (Å²) in [6, 6.07) is 5.50. The Morgan fingerprint density at radius 2 is 2.08 bits per heavy atom. The van der Waals surface area contributed by atoms with Crippen LogP contribution in [0.25, 0.3) is 0 Å². The van der Waals surface area contributed by atoms with Gasteiger partial charge >= 0.3 is 0 Å². The molecule has 1 fully saturated rings. The van der Waals surface area contributed by atoms with E-state index >= 15 is 0 Å². The second-order valence-corrected chi connectivity index (χ2v) is 7.07. The third-order valence-electron chi connectivity index (χ3n) is 4.81. The van der Waals surface area contributed by atoms with Gasteiger partial charge in [-0.25, -0.2) is 0 Å². The van der Waals surface area contributed by atoms with E-state index in [1.165, 1.54) is 12.8 Å². The lowest BCUT2D eigenvalue weighted by Crippen LogP contribution is -2.34. The molecule has 6 heteroatoms. The number of hydrogen-bond acceptors (Lipinski definition) is 3.